The summed E-state index contributed by atoms with van der Waals surface area (Å²) in [5.41, 5.74) is 2.93. The molecule has 0 aliphatic rings. The summed E-state index contributed by atoms with van der Waals surface area (Å²) >= 11 is 0. The maximum Gasteiger partial charge on any atom is 0.218 e. The number of carbonyl (C=O) groups excluding carboxylic acids is 1. The lowest BCUT2D eigenvalue weighted by atomic mass is 10.1. The van der Waals surface area contributed by atoms with Crippen LogP contribution in [0.25, 0.3) is 11.0 Å². The number of nitrogens with one attached hydrogen (secondary N) is 1. The summed E-state index contributed by atoms with van der Waals surface area (Å²) in [6, 6.07) is 17.8. The van der Waals surface area contributed by atoms with Gasteiger partial charge in [0.2, 0.25) is 5.91 Å². The van der Waals surface area contributed by atoms with Gasteiger partial charge in [-0.25, -0.2) is 4.98 Å². The molecular formula is C16H15N3O. The smallest absolute Gasteiger partial charge is 0.218 e. The summed E-state index contributed by atoms with van der Waals surface area (Å²) in [4.78, 5) is 15.9. The topological polar surface area (TPSA) is 46.9 Å². The summed E-state index contributed by atoms with van der Waals surface area (Å²) in [5.74, 6) is -0.0726. The number of para-hydroxylation sites is 2. The SMILES string of the molecule is CC(=O)NC(c1ccccc1)n1cnc2ccccc21. The molecule has 1 amide bonds. The molecule has 0 saturated heterocycles. The van der Waals surface area contributed by atoms with Crippen molar-refractivity contribution in [2.45, 2.75) is 13.1 Å². The Bertz CT molecular complexity index is 734. The zero-order chi connectivity index (χ0) is 13.9. The molecule has 100 valence electrons. The Morgan fingerprint density at radius 3 is 2.55 bits per heavy atom. The molecule has 4 nitrogen and oxygen atoms in total. The van der Waals surface area contributed by atoms with Crippen LogP contribution in [0.4, 0.5) is 0 Å². The Hall–Kier alpha value is -2.62. The molecule has 1 unspecified atom stereocenters. The van der Waals surface area contributed by atoms with Crippen molar-refractivity contribution in [2.75, 3.05) is 0 Å². The Balaban J connectivity index is 2.12. The molecule has 1 atom stereocenters. The van der Waals surface area contributed by atoms with Gasteiger partial charge in [0.25, 0.3) is 0 Å². The van der Waals surface area contributed by atoms with Gasteiger partial charge in [0.05, 0.1) is 17.4 Å². The summed E-state index contributed by atoms with van der Waals surface area (Å²) in [6.45, 7) is 1.52. The molecule has 0 radical (unpaired) electrons. The quantitative estimate of drug-likeness (QED) is 0.791. The highest BCUT2D eigenvalue weighted by molar-refractivity contribution is 5.77. The van der Waals surface area contributed by atoms with E-state index in [-0.39, 0.29) is 12.1 Å². The van der Waals surface area contributed by atoms with Gasteiger partial charge in [-0.15, -0.1) is 0 Å². The molecule has 1 N–H and O–H groups in total. The summed E-state index contributed by atoms with van der Waals surface area (Å²) < 4.78 is 1.98. The number of imidazole rings is 1. The molecule has 3 aromatic rings. The van der Waals surface area contributed by atoms with Crippen LogP contribution in [0.2, 0.25) is 0 Å². The van der Waals surface area contributed by atoms with Crippen LogP contribution in [0.3, 0.4) is 0 Å². The molecule has 0 fully saturated rings. The number of rotatable bonds is 3. The molecule has 0 spiro atoms. The maximum absolute atomic E-state index is 11.5. The predicted octanol–water partition coefficient (Wildman–Crippen LogP) is 2.72. The van der Waals surface area contributed by atoms with Crippen LogP contribution in [0.1, 0.15) is 18.7 Å². The lowest BCUT2D eigenvalue weighted by molar-refractivity contribution is -0.119. The van der Waals surface area contributed by atoms with Crippen molar-refractivity contribution < 1.29 is 4.79 Å². The van der Waals surface area contributed by atoms with E-state index in [0.29, 0.717) is 0 Å². The number of aromatic nitrogens is 2. The monoisotopic (exact) mass is 265 g/mol. The Morgan fingerprint density at radius 2 is 1.80 bits per heavy atom. The first-order chi connectivity index (χ1) is 9.75. The minimum atomic E-state index is -0.249. The van der Waals surface area contributed by atoms with Gasteiger partial charge in [0.15, 0.2) is 0 Å². The molecule has 0 aliphatic carbocycles. The summed E-state index contributed by atoms with van der Waals surface area (Å²) in [6.07, 6.45) is 1.51. The first-order valence-corrected chi connectivity index (χ1v) is 6.49. The number of nitrogens with zero attached hydrogens (tertiary/aromatic N) is 2. The predicted molar refractivity (Wildman–Crippen MR) is 78.1 cm³/mol. The van der Waals surface area contributed by atoms with Gasteiger partial charge in [-0.3, -0.25) is 4.79 Å². The first-order valence-electron chi connectivity index (χ1n) is 6.49. The van der Waals surface area contributed by atoms with Crippen LogP contribution in [0, 0.1) is 0 Å². The second-order valence-corrected chi connectivity index (χ2v) is 4.65. The van der Waals surface area contributed by atoms with Crippen molar-refractivity contribution in [3.8, 4) is 0 Å². The highest BCUT2D eigenvalue weighted by Crippen LogP contribution is 2.21. The zero-order valence-corrected chi connectivity index (χ0v) is 11.2. The summed E-state index contributed by atoms with van der Waals surface area (Å²) in [7, 11) is 0. The van der Waals surface area contributed by atoms with Gasteiger partial charge >= 0.3 is 0 Å². The van der Waals surface area contributed by atoms with Crippen molar-refractivity contribution in [2.24, 2.45) is 0 Å². The molecular weight excluding hydrogens is 250 g/mol. The molecule has 0 bridgehead atoms. The fourth-order valence-corrected chi connectivity index (χ4v) is 2.33. The van der Waals surface area contributed by atoms with E-state index in [1.807, 2.05) is 59.2 Å². The molecule has 2 aromatic carbocycles. The normalized spacial score (nSPS) is 12.2. The highest BCUT2D eigenvalue weighted by atomic mass is 16.1. The van der Waals surface area contributed by atoms with Crippen LogP contribution < -0.4 is 5.32 Å². The average molecular weight is 265 g/mol. The van der Waals surface area contributed by atoms with Crippen LogP contribution >= 0.6 is 0 Å². The van der Waals surface area contributed by atoms with E-state index >= 15 is 0 Å². The lowest BCUT2D eigenvalue weighted by Crippen LogP contribution is -2.31. The number of amides is 1. The van der Waals surface area contributed by atoms with Crippen LogP contribution in [0.15, 0.2) is 60.9 Å². The third kappa shape index (κ3) is 2.28. The zero-order valence-electron chi connectivity index (χ0n) is 11.2. The lowest BCUT2D eigenvalue weighted by Gasteiger charge is -2.20. The third-order valence-electron chi connectivity index (χ3n) is 3.21. The summed E-state index contributed by atoms with van der Waals surface area (Å²) in [5, 5.41) is 2.97. The van der Waals surface area contributed by atoms with Gasteiger partial charge in [0.1, 0.15) is 6.17 Å². The largest absolute Gasteiger partial charge is 0.332 e. The first kappa shape index (κ1) is 12.4. The van der Waals surface area contributed by atoms with Crippen LogP contribution in [-0.4, -0.2) is 15.5 Å². The number of fused-ring (bicyclic) bond motifs is 1. The second-order valence-electron chi connectivity index (χ2n) is 4.65. The third-order valence-corrected chi connectivity index (χ3v) is 3.21. The van der Waals surface area contributed by atoms with Gasteiger partial charge in [-0.05, 0) is 17.7 Å². The van der Waals surface area contributed by atoms with E-state index in [2.05, 4.69) is 10.3 Å². The Labute approximate surface area is 117 Å². The fourth-order valence-electron chi connectivity index (χ4n) is 2.33. The minimum absolute atomic E-state index is 0.0726. The number of benzene rings is 2. The second kappa shape index (κ2) is 5.17. The Morgan fingerprint density at radius 1 is 1.10 bits per heavy atom. The number of hydrogen-bond acceptors (Lipinski definition) is 2. The van der Waals surface area contributed by atoms with Crippen molar-refractivity contribution in [3.05, 3.63) is 66.5 Å². The van der Waals surface area contributed by atoms with E-state index in [9.17, 15) is 4.79 Å². The fraction of sp³-hybridized carbons (Fsp3) is 0.125. The van der Waals surface area contributed by atoms with Gasteiger partial charge in [0, 0.05) is 6.92 Å². The Kier molecular flexibility index (Phi) is 3.21. The van der Waals surface area contributed by atoms with Gasteiger partial charge in [-0.1, -0.05) is 42.5 Å². The van der Waals surface area contributed by atoms with E-state index < -0.39 is 0 Å². The van der Waals surface area contributed by atoms with E-state index in [0.717, 1.165) is 16.6 Å². The molecule has 0 saturated carbocycles. The van der Waals surface area contributed by atoms with Crippen molar-refractivity contribution in [3.63, 3.8) is 0 Å². The van der Waals surface area contributed by atoms with E-state index in [1.54, 1.807) is 6.33 Å². The van der Waals surface area contributed by atoms with Crippen molar-refractivity contribution in [1.29, 1.82) is 0 Å². The molecule has 20 heavy (non-hydrogen) atoms. The molecule has 3 rings (SSSR count). The van der Waals surface area contributed by atoms with Crippen LogP contribution in [0.5, 0.6) is 0 Å². The number of carbonyl (C=O) groups is 1. The van der Waals surface area contributed by atoms with E-state index in [1.165, 1.54) is 6.92 Å². The van der Waals surface area contributed by atoms with Gasteiger partial charge in [-0.2, -0.15) is 0 Å². The van der Waals surface area contributed by atoms with E-state index in [4.69, 9.17) is 0 Å². The average Bonchev–Trinajstić information content (AvgIpc) is 2.89. The molecule has 4 heteroatoms. The van der Waals surface area contributed by atoms with Crippen molar-refractivity contribution >= 4 is 16.9 Å². The standard InChI is InChI=1S/C16H15N3O/c1-12(20)18-16(13-7-3-2-4-8-13)19-11-17-14-9-5-6-10-15(14)19/h2-11,16H,1H3,(H,18,20). The van der Waals surface area contributed by atoms with Crippen LogP contribution in [-0.2, 0) is 4.79 Å². The number of hydrogen-bond donors (Lipinski definition) is 1. The maximum atomic E-state index is 11.5. The highest BCUT2D eigenvalue weighted by Gasteiger charge is 2.16. The minimum Gasteiger partial charge on any atom is -0.332 e. The van der Waals surface area contributed by atoms with Crippen molar-refractivity contribution in [1.82, 2.24) is 14.9 Å². The molecule has 0 aliphatic heterocycles. The molecule has 1 aromatic heterocycles. The van der Waals surface area contributed by atoms with Gasteiger partial charge < -0.3 is 9.88 Å². The molecule has 1 heterocycles.